The number of hydrogen-bond donors (Lipinski definition) is 1. The fourth-order valence-corrected chi connectivity index (χ4v) is 1.88. The summed E-state index contributed by atoms with van der Waals surface area (Å²) in [4.78, 5) is 2.23. The first-order valence-electron chi connectivity index (χ1n) is 3.73. The van der Waals surface area contributed by atoms with E-state index in [1.807, 2.05) is 6.20 Å². The molecule has 0 aromatic rings. The summed E-state index contributed by atoms with van der Waals surface area (Å²) in [6.07, 6.45) is 4.27. The van der Waals surface area contributed by atoms with Crippen molar-refractivity contribution in [1.29, 1.82) is 0 Å². The number of alkyl halides is 1. The fourth-order valence-electron chi connectivity index (χ4n) is 0.950. The van der Waals surface area contributed by atoms with Gasteiger partial charge in [-0.1, -0.05) is 11.8 Å². The lowest BCUT2D eigenvalue weighted by atomic mass is 10.3. The number of nitrogens with two attached hydrogens (primary N) is 1. The standard InChI is InChI=1S/C7H13ClN2S/c8-3-1-2-4-10-5-7(9)11-6-10/h5H,1-4,6,9H2. The largest absolute Gasteiger partial charge is 0.392 e. The summed E-state index contributed by atoms with van der Waals surface area (Å²) in [5, 5.41) is 0.927. The highest BCUT2D eigenvalue weighted by molar-refractivity contribution is 8.03. The minimum atomic E-state index is 0.764. The van der Waals surface area contributed by atoms with E-state index in [-0.39, 0.29) is 0 Å². The maximum absolute atomic E-state index is 5.59. The molecule has 0 aromatic heterocycles. The number of thioether (sulfide) groups is 1. The van der Waals surface area contributed by atoms with Gasteiger partial charge >= 0.3 is 0 Å². The topological polar surface area (TPSA) is 29.3 Å². The monoisotopic (exact) mass is 192 g/mol. The Morgan fingerprint density at radius 2 is 2.45 bits per heavy atom. The molecule has 0 aromatic carbocycles. The van der Waals surface area contributed by atoms with Crippen LogP contribution in [-0.2, 0) is 0 Å². The third-order valence-electron chi connectivity index (χ3n) is 1.54. The molecule has 0 atom stereocenters. The molecule has 2 N–H and O–H groups in total. The first-order chi connectivity index (χ1) is 5.33. The molecule has 2 nitrogen and oxygen atoms in total. The van der Waals surface area contributed by atoms with E-state index in [2.05, 4.69) is 4.90 Å². The normalized spacial score (nSPS) is 17.2. The van der Waals surface area contributed by atoms with E-state index >= 15 is 0 Å². The van der Waals surface area contributed by atoms with Crippen molar-refractivity contribution in [3.05, 3.63) is 11.2 Å². The smallest absolute Gasteiger partial charge is 0.0835 e. The molecular formula is C7H13ClN2S. The van der Waals surface area contributed by atoms with Gasteiger partial charge in [-0.15, -0.1) is 11.6 Å². The van der Waals surface area contributed by atoms with Gasteiger partial charge in [-0.2, -0.15) is 0 Å². The maximum Gasteiger partial charge on any atom is 0.0835 e. The molecule has 0 saturated heterocycles. The fraction of sp³-hybridized carbons (Fsp3) is 0.714. The quantitative estimate of drug-likeness (QED) is 0.544. The van der Waals surface area contributed by atoms with Crippen LogP contribution in [0.4, 0.5) is 0 Å². The Labute approximate surface area is 76.8 Å². The second-order valence-corrected chi connectivity index (χ2v) is 3.91. The predicted octanol–water partition coefficient (Wildman–Crippen LogP) is 1.77. The summed E-state index contributed by atoms with van der Waals surface area (Å²) in [6.45, 7) is 1.08. The molecule has 0 aliphatic carbocycles. The molecule has 1 aliphatic heterocycles. The van der Waals surface area contributed by atoms with E-state index in [0.29, 0.717) is 0 Å². The zero-order chi connectivity index (χ0) is 8.10. The van der Waals surface area contributed by atoms with Crippen molar-refractivity contribution >= 4 is 23.4 Å². The number of rotatable bonds is 4. The Hall–Kier alpha value is -0.0200. The van der Waals surface area contributed by atoms with Crippen LogP contribution in [0.25, 0.3) is 0 Å². The molecule has 0 saturated carbocycles. The second-order valence-electron chi connectivity index (χ2n) is 2.51. The zero-order valence-electron chi connectivity index (χ0n) is 6.42. The highest BCUT2D eigenvalue weighted by atomic mass is 35.5. The first kappa shape index (κ1) is 9.07. The van der Waals surface area contributed by atoms with Crippen molar-refractivity contribution in [2.75, 3.05) is 18.3 Å². The summed E-state index contributed by atoms with van der Waals surface area (Å²) in [7, 11) is 0. The Morgan fingerprint density at radius 1 is 1.64 bits per heavy atom. The summed E-state index contributed by atoms with van der Waals surface area (Å²) in [5.74, 6) is 1.77. The molecule has 4 heteroatoms. The average Bonchev–Trinajstić information content (AvgIpc) is 2.37. The number of halogens is 1. The lowest BCUT2D eigenvalue weighted by Gasteiger charge is -2.12. The van der Waals surface area contributed by atoms with Gasteiger partial charge in [-0.3, -0.25) is 0 Å². The first-order valence-corrected chi connectivity index (χ1v) is 5.25. The van der Waals surface area contributed by atoms with E-state index in [1.54, 1.807) is 11.8 Å². The summed E-state index contributed by atoms with van der Waals surface area (Å²) < 4.78 is 0. The highest BCUT2D eigenvalue weighted by Crippen LogP contribution is 2.20. The Kier molecular flexibility index (Phi) is 3.94. The molecule has 1 heterocycles. The van der Waals surface area contributed by atoms with Crippen LogP contribution in [-0.4, -0.2) is 23.2 Å². The van der Waals surface area contributed by atoms with E-state index in [9.17, 15) is 0 Å². The molecule has 64 valence electrons. The van der Waals surface area contributed by atoms with Gasteiger partial charge in [-0.25, -0.2) is 0 Å². The number of hydrogen-bond acceptors (Lipinski definition) is 3. The molecule has 1 aliphatic rings. The van der Waals surface area contributed by atoms with E-state index < -0.39 is 0 Å². The van der Waals surface area contributed by atoms with Crippen molar-refractivity contribution in [3.8, 4) is 0 Å². The van der Waals surface area contributed by atoms with E-state index in [1.165, 1.54) is 0 Å². The van der Waals surface area contributed by atoms with Crippen LogP contribution in [0.3, 0.4) is 0 Å². The van der Waals surface area contributed by atoms with Crippen molar-refractivity contribution in [2.45, 2.75) is 12.8 Å². The molecule has 0 spiro atoms. The van der Waals surface area contributed by atoms with Crippen molar-refractivity contribution in [3.63, 3.8) is 0 Å². The second kappa shape index (κ2) is 4.78. The van der Waals surface area contributed by atoms with E-state index in [0.717, 1.165) is 36.2 Å². The molecule has 11 heavy (non-hydrogen) atoms. The Bertz CT molecular complexity index is 149. The molecule has 0 bridgehead atoms. The molecular weight excluding hydrogens is 180 g/mol. The summed E-state index contributed by atoms with van der Waals surface area (Å²) >= 11 is 7.25. The van der Waals surface area contributed by atoms with Crippen LogP contribution >= 0.6 is 23.4 Å². The minimum absolute atomic E-state index is 0.764. The predicted molar refractivity (Wildman–Crippen MR) is 51.4 cm³/mol. The number of nitrogens with zero attached hydrogens (tertiary/aromatic N) is 1. The molecule has 1 rings (SSSR count). The zero-order valence-corrected chi connectivity index (χ0v) is 8.00. The third-order valence-corrected chi connectivity index (χ3v) is 2.70. The van der Waals surface area contributed by atoms with Gasteiger partial charge < -0.3 is 10.6 Å². The highest BCUT2D eigenvalue weighted by Gasteiger charge is 2.08. The summed E-state index contributed by atoms with van der Waals surface area (Å²) in [5.41, 5.74) is 5.59. The van der Waals surface area contributed by atoms with Gasteiger partial charge in [0, 0.05) is 18.6 Å². The van der Waals surface area contributed by atoms with Gasteiger partial charge in [0.25, 0.3) is 0 Å². The SMILES string of the molecule is NC1=CN(CCCCCl)CS1. The van der Waals surface area contributed by atoms with Crippen molar-refractivity contribution < 1.29 is 0 Å². The van der Waals surface area contributed by atoms with Gasteiger partial charge in [-0.05, 0) is 12.8 Å². The van der Waals surface area contributed by atoms with Crippen LogP contribution in [0.1, 0.15) is 12.8 Å². The molecule has 0 fully saturated rings. The van der Waals surface area contributed by atoms with Gasteiger partial charge in [0.2, 0.25) is 0 Å². The van der Waals surface area contributed by atoms with Crippen molar-refractivity contribution in [1.82, 2.24) is 4.90 Å². The molecule has 0 radical (unpaired) electrons. The summed E-state index contributed by atoms with van der Waals surface area (Å²) in [6, 6.07) is 0. The lowest BCUT2D eigenvalue weighted by Crippen LogP contribution is -2.14. The van der Waals surface area contributed by atoms with Crippen LogP contribution in [0, 0.1) is 0 Å². The lowest BCUT2D eigenvalue weighted by molar-refractivity contribution is 0.432. The van der Waals surface area contributed by atoms with Gasteiger partial charge in [0.15, 0.2) is 0 Å². The Balaban J connectivity index is 2.08. The van der Waals surface area contributed by atoms with Crippen LogP contribution < -0.4 is 5.73 Å². The van der Waals surface area contributed by atoms with Crippen LogP contribution in [0.2, 0.25) is 0 Å². The molecule has 0 unspecified atom stereocenters. The average molecular weight is 193 g/mol. The van der Waals surface area contributed by atoms with Crippen LogP contribution in [0.15, 0.2) is 11.2 Å². The van der Waals surface area contributed by atoms with Gasteiger partial charge in [0.1, 0.15) is 0 Å². The maximum atomic E-state index is 5.59. The number of unbranched alkanes of at least 4 members (excludes halogenated alkanes) is 1. The van der Waals surface area contributed by atoms with E-state index in [4.69, 9.17) is 17.3 Å². The third kappa shape index (κ3) is 3.25. The van der Waals surface area contributed by atoms with Gasteiger partial charge in [0.05, 0.1) is 10.9 Å². The minimum Gasteiger partial charge on any atom is -0.392 e. The molecule has 0 amide bonds. The Morgan fingerprint density at radius 3 is 3.00 bits per heavy atom. The van der Waals surface area contributed by atoms with Crippen LogP contribution in [0.5, 0.6) is 0 Å². The van der Waals surface area contributed by atoms with Crippen molar-refractivity contribution in [2.24, 2.45) is 5.73 Å².